The van der Waals surface area contributed by atoms with Crippen LogP contribution < -0.4 is 5.32 Å². The molecule has 1 atom stereocenters. The Balaban J connectivity index is 1.58. The summed E-state index contributed by atoms with van der Waals surface area (Å²) in [5, 5.41) is 3.24. The van der Waals surface area contributed by atoms with Gasteiger partial charge in [0.05, 0.1) is 11.0 Å². The number of rotatable bonds is 2. The molecule has 3 aliphatic rings. The average molecular weight is 298 g/mol. The Bertz CT molecular complexity index is 679. The first-order chi connectivity index (χ1) is 10.6. The minimum absolute atomic E-state index is 0.0167. The molecule has 1 aromatic heterocycles. The lowest BCUT2D eigenvalue weighted by atomic mass is 9.72. The van der Waals surface area contributed by atoms with Gasteiger partial charge in [-0.2, -0.15) is 0 Å². The standard InChI is InChI=1S/C17H22N4O/c1-17(2)14(11-7-9-21(17)10-8-11)20-16(22)15-18-12-5-3-4-6-13(12)19-15/h3-6,11,14H,7-10H2,1-2H3,(H,18,19)(H,20,22). The smallest absolute Gasteiger partial charge is 0.287 e. The molecule has 4 heterocycles. The van der Waals surface area contributed by atoms with Gasteiger partial charge in [0.25, 0.3) is 5.91 Å². The van der Waals surface area contributed by atoms with E-state index in [1.807, 2.05) is 24.3 Å². The summed E-state index contributed by atoms with van der Waals surface area (Å²) in [6.45, 7) is 6.77. The molecule has 3 fully saturated rings. The number of carbonyl (C=O) groups is 1. The van der Waals surface area contributed by atoms with E-state index >= 15 is 0 Å². The third kappa shape index (κ3) is 2.03. The van der Waals surface area contributed by atoms with E-state index in [0.717, 1.165) is 24.1 Å². The largest absolute Gasteiger partial charge is 0.345 e. The molecular weight excluding hydrogens is 276 g/mol. The third-order valence-corrected chi connectivity index (χ3v) is 5.48. The molecule has 5 heteroatoms. The lowest BCUT2D eigenvalue weighted by Gasteiger charge is -2.56. The van der Waals surface area contributed by atoms with E-state index in [-0.39, 0.29) is 17.5 Å². The number of aromatic nitrogens is 2. The van der Waals surface area contributed by atoms with E-state index in [2.05, 4.69) is 34.0 Å². The molecule has 1 unspecified atom stereocenters. The minimum atomic E-state index is -0.0944. The highest BCUT2D eigenvalue weighted by atomic mass is 16.2. The zero-order valence-corrected chi connectivity index (χ0v) is 13.1. The van der Waals surface area contributed by atoms with Gasteiger partial charge in [0, 0.05) is 11.6 Å². The van der Waals surface area contributed by atoms with Crippen LogP contribution in [-0.4, -0.2) is 45.4 Å². The fourth-order valence-electron chi connectivity index (χ4n) is 4.15. The first-order valence-electron chi connectivity index (χ1n) is 8.06. The maximum atomic E-state index is 12.6. The first kappa shape index (κ1) is 13.8. The molecule has 5 nitrogen and oxygen atoms in total. The molecule has 1 aromatic carbocycles. The quantitative estimate of drug-likeness (QED) is 0.893. The van der Waals surface area contributed by atoms with Crippen LogP contribution in [-0.2, 0) is 0 Å². The summed E-state index contributed by atoms with van der Waals surface area (Å²) in [7, 11) is 0. The van der Waals surface area contributed by atoms with Crippen molar-refractivity contribution in [2.24, 2.45) is 5.92 Å². The number of benzene rings is 1. The topological polar surface area (TPSA) is 61.0 Å². The molecule has 22 heavy (non-hydrogen) atoms. The van der Waals surface area contributed by atoms with Crippen molar-refractivity contribution in [3.05, 3.63) is 30.1 Å². The Hall–Kier alpha value is -1.88. The van der Waals surface area contributed by atoms with Crippen LogP contribution >= 0.6 is 0 Å². The molecule has 0 aliphatic carbocycles. The van der Waals surface area contributed by atoms with Crippen LogP contribution in [0, 0.1) is 5.92 Å². The normalized spacial score (nSPS) is 29.6. The van der Waals surface area contributed by atoms with Crippen molar-refractivity contribution in [1.29, 1.82) is 0 Å². The highest BCUT2D eigenvalue weighted by Gasteiger charge is 2.48. The molecule has 3 saturated heterocycles. The predicted octanol–water partition coefficient (Wildman–Crippen LogP) is 2.17. The average Bonchev–Trinajstić information content (AvgIpc) is 2.95. The van der Waals surface area contributed by atoms with Gasteiger partial charge in [-0.25, -0.2) is 4.98 Å². The van der Waals surface area contributed by atoms with Gasteiger partial charge in [0.15, 0.2) is 5.82 Å². The fraction of sp³-hybridized carbons (Fsp3) is 0.529. The lowest BCUT2D eigenvalue weighted by Crippen LogP contribution is -2.69. The van der Waals surface area contributed by atoms with Crippen molar-refractivity contribution < 1.29 is 4.79 Å². The summed E-state index contributed by atoms with van der Waals surface area (Å²) in [5.41, 5.74) is 1.75. The highest BCUT2D eigenvalue weighted by molar-refractivity contribution is 5.94. The lowest BCUT2D eigenvalue weighted by molar-refractivity contribution is -0.0379. The van der Waals surface area contributed by atoms with Crippen LogP contribution in [0.2, 0.25) is 0 Å². The predicted molar refractivity (Wildman–Crippen MR) is 85.7 cm³/mol. The zero-order chi connectivity index (χ0) is 15.3. The number of hydrogen-bond donors (Lipinski definition) is 2. The van der Waals surface area contributed by atoms with Crippen LogP contribution in [0.1, 0.15) is 37.3 Å². The van der Waals surface area contributed by atoms with Gasteiger partial charge >= 0.3 is 0 Å². The number of H-pyrrole nitrogens is 1. The van der Waals surface area contributed by atoms with Crippen molar-refractivity contribution in [2.45, 2.75) is 38.3 Å². The number of nitrogens with zero attached hydrogens (tertiary/aromatic N) is 2. The number of nitrogens with one attached hydrogen (secondary N) is 2. The Morgan fingerprint density at radius 2 is 2.05 bits per heavy atom. The van der Waals surface area contributed by atoms with Crippen LogP contribution in [0.5, 0.6) is 0 Å². The number of hydrogen-bond acceptors (Lipinski definition) is 3. The second-order valence-corrected chi connectivity index (χ2v) is 7.03. The van der Waals surface area contributed by atoms with Crippen LogP contribution in [0.25, 0.3) is 11.0 Å². The van der Waals surface area contributed by atoms with Crippen molar-refractivity contribution >= 4 is 16.9 Å². The van der Waals surface area contributed by atoms with Crippen LogP contribution in [0.15, 0.2) is 24.3 Å². The van der Waals surface area contributed by atoms with Gasteiger partial charge in [0.1, 0.15) is 0 Å². The molecule has 0 radical (unpaired) electrons. The Morgan fingerprint density at radius 1 is 1.32 bits per heavy atom. The van der Waals surface area contributed by atoms with Crippen LogP contribution in [0.3, 0.4) is 0 Å². The number of piperidine rings is 3. The minimum Gasteiger partial charge on any atom is -0.345 e. The number of amides is 1. The number of carbonyl (C=O) groups excluding carboxylic acids is 1. The van der Waals surface area contributed by atoms with E-state index in [1.54, 1.807) is 0 Å². The highest BCUT2D eigenvalue weighted by Crippen LogP contribution is 2.39. The van der Waals surface area contributed by atoms with E-state index in [1.165, 1.54) is 12.8 Å². The summed E-state index contributed by atoms with van der Waals surface area (Å²) >= 11 is 0. The molecule has 1 amide bonds. The number of fused-ring (bicyclic) bond motifs is 4. The summed E-state index contributed by atoms with van der Waals surface area (Å²) in [4.78, 5) is 22.6. The van der Waals surface area contributed by atoms with Crippen LogP contribution in [0.4, 0.5) is 0 Å². The monoisotopic (exact) mass is 298 g/mol. The number of imidazole rings is 1. The molecule has 0 spiro atoms. The second-order valence-electron chi connectivity index (χ2n) is 7.03. The van der Waals surface area contributed by atoms with E-state index in [4.69, 9.17) is 0 Å². The van der Waals surface area contributed by atoms with Gasteiger partial charge in [0.2, 0.25) is 0 Å². The summed E-state index contributed by atoms with van der Waals surface area (Å²) in [5.74, 6) is 0.893. The van der Waals surface area contributed by atoms with Gasteiger partial charge in [-0.1, -0.05) is 12.1 Å². The molecule has 2 bridgehead atoms. The Labute approximate surface area is 130 Å². The SMILES string of the molecule is CC1(C)C(NC(=O)c2nc3ccccc3[nH]2)C2CCN1CC2. The molecular formula is C17H22N4O. The molecule has 2 N–H and O–H groups in total. The third-order valence-electron chi connectivity index (χ3n) is 5.48. The maximum absolute atomic E-state index is 12.6. The van der Waals surface area contributed by atoms with Crippen molar-refractivity contribution in [1.82, 2.24) is 20.2 Å². The van der Waals surface area contributed by atoms with Gasteiger partial charge in [-0.05, 0) is 57.8 Å². The Kier molecular flexibility index (Phi) is 3.01. The zero-order valence-electron chi connectivity index (χ0n) is 13.1. The van der Waals surface area contributed by atoms with Gasteiger partial charge in [-0.3, -0.25) is 9.69 Å². The summed E-state index contributed by atoms with van der Waals surface area (Å²) in [6, 6.07) is 7.92. The summed E-state index contributed by atoms with van der Waals surface area (Å²) in [6.07, 6.45) is 2.35. The molecule has 2 aromatic rings. The van der Waals surface area contributed by atoms with Gasteiger partial charge in [-0.15, -0.1) is 0 Å². The number of aromatic amines is 1. The van der Waals surface area contributed by atoms with E-state index < -0.39 is 0 Å². The fourth-order valence-corrected chi connectivity index (χ4v) is 4.15. The molecule has 3 aliphatic heterocycles. The maximum Gasteiger partial charge on any atom is 0.287 e. The molecule has 5 rings (SSSR count). The van der Waals surface area contributed by atoms with E-state index in [9.17, 15) is 4.79 Å². The number of para-hydroxylation sites is 2. The Morgan fingerprint density at radius 3 is 2.73 bits per heavy atom. The summed E-state index contributed by atoms with van der Waals surface area (Å²) < 4.78 is 0. The molecule has 0 saturated carbocycles. The van der Waals surface area contributed by atoms with Crippen molar-refractivity contribution in [2.75, 3.05) is 13.1 Å². The van der Waals surface area contributed by atoms with E-state index in [0.29, 0.717) is 11.7 Å². The van der Waals surface area contributed by atoms with Gasteiger partial charge < -0.3 is 10.3 Å². The first-order valence-corrected chi connectivity index (χ1v) is 8.06. The van der Waals surface area contributed by atoms with Crippen molar-refractivity contribution in [3.8, 4) is 0 Å². The second kappa shape index (κ2) is 4.81. The van der Waals surface area contributed by atoms with Crippen molar-refractivity contribution in [3.63, 3.8) is 0 Å². The molecule has 116 valence electrons.